The normalized spacial score (nSPS) is 19.1. The molecule has 7 nitrogen and oxygen atoms in total. The molecule has 0 spiro atoms. The van der Waals surface area contributed by atoms with Gasteiger partial charge >= 0.3 is 5.97 Å². The number of ketones is 1. The Bertz CT molecular complexity index is 2040. The Hall–Kier alpha value is -5.82. The number of fused-ring (bicyclic) bond motifs is 2. The van der Waals surface area contributed by atoms with E-state index in [0.717, 1.165) is 21.4 Å². The van der Waals surface area contributed by atoms with E-state index in [-0.39, 0.29) is 31.1 Å². The van der Waals surface area contributed by atoms with Gasteiger partial charge in [0.15, 0.2) is 5.78 Å². The number of amides is 2. The van der Waals surface area contributed by atoms with Gasteiger partial charge < -0.3 is 9.52 Å². The second-order valence-electron chi connectivity index (χ2n) is 12.3. The van der Waals surface area contributed by atoms with E-state index in [0.29, 0.717) is 34.5 Å². The highest BCUT2D eigenvalue weighted by molar-refractivity contribution is 6.21. The summed E-state index contributed by atoms with van der Waals surface area (Å²) in [5.74, 6) is -2.97. The Morgan fingerprint density at radius 3 is 2.00 bits per heavy atom. The van der Waals surface area contributed by atoms with Gasteiger partial charge in [0, 0.05) is 36.3 Å². The molecular weight excluding hydrogens is 602 g/mol. The maximum absolute atomic E-state index is 14.8. The molecule has 7 heteroatoms. The van der Waals surface area contributed by atoms with Crippen LogP contribution in [-0.4, -0.2) is 40.1 Å². The van der Waals surface area contributed by atoms with Crippen molar-refractivity contribution in [3.63, 3.8) is 0 Å². The minimum Gasteiger partial charge on any atom is -0.481 e. The van der Waals surface area contributed by atoms with E-state index in [1.807, 2.05) is 109 Å². The first-order chi connectivity index (χ1) is 23.4. The average Bonchev–Trinajstić information content (AvgIpc) is 3.60. The van der Waals surface area contributed by atoms with Gasteiger partial charge in [-0.3, -0.25) is 24.1 Å². The van der Waals surface area contributed by atoms with Crippen LogP contribution in [0.15, 0.2) is 138 Å². The van der Waals surface area contributed by atoms with Crippen molar-refractivity contribution in [3.8, 4) is 0 Å². The Morgan fingerprint density at radius 2 is 1.35 bits per heavy atom. The van der Waals surface area contributed by atoms with Gasteiger partial charge in [-0.2, -0.15) is 0 Å². The van der Waals surface area contributed by atoms with E-state index in [4.69, 9.17) is 4.42 Å². The zero-order valence-corrected chi connectivity index (χ0v) is 26.1. The van der Waals surface area contributed by atoms with Gasteiger partial charge in [0.05, 0.1) is 22.5 Å². The van der Waals surface area contributed by atoms with Crippen molar-refractivity contribution in [1.29, 1.82) is 0 Å². The Labute approximate surface area is 277 Å². The van der Waals surface area contributed by atoms with Gasteiger partial charge in [-0.1, -0.05) is 115 Å². The molecule has 1 N–H and O–H groups in total. The summed E-state index contributed by atoms with van der Waals surface area (Å²) in [5, 5.41) is 11.1. The van der Waals surface area contributed by atoms with Crippen LogP contribution in [-0.2, 0) is 21.4 Å². The highest BCUT2D eigenvalue weighted by Gasteiger charge is 2.44. The van der Waals surface area contributed by atoms with Crippen LogP contribution in [0.25, 0.3) is 11.0 Å². The van der Waals surface area contributed by atoms with Gasteiger partial charge in [0.2, 0.25) is 0 Å². The zero-order chi connectivity index (χ0) is 33.3. The number of aliphatic carboxylic acids is 1. The molecule has 238 valence electrons. The first kappa shape index (κ1) is 30.8. The SMILES string of the molecule is O=C(O)C(CCN1C(=O)c2ccccc2C1=O)CC(=O)C1(c2c(Cc3ccccc3)oc3ccccc23)C=CC(c2ccccc2)C=C1. The molecule has 1 atom stereocenters. The second kappa shape index (κ2) is 12.8. The first-order valence-electron chi connectivity index (χ1n) is 16.1. The molecule has 1 aliphatic carbocycles. The number of carbonyl (C=O) groups excluding carboxylic acids is 3. The van der Waals surface area contributed by atoms with E-state index in [1.165, 1.54) is 0 Å². The molecule has 2 heterocycles. The molecular formula is C41H33NO6. The molecule has 1 aliphatic heterocycles. The van der Waals surface area contributed by atoms with Crippen molar-refractivity contribution in [3.05, 3.63) is 167 Å². The average molecular weight is 636 g/mol. The third kappa shape index (κ3) is 5.58. The number of carboxylic acids is 1. The number of nitrogens with zero attached hydrogens (tertiary/aromatic N) is 1. The Balaban J connectivity index is 1.25. The monoisotopic (exact) mass is 635 g/mol. The topological polar surface area (TPSA) is 105 Å². The minimum absolute atomic E-state index is 0.0638. The van der Waals surface area contributed by atoms with Crippen LogP contribution in [0.3, 0.4) is 0 Å². The molecule has 0 bridgehead atoms. The van der Waals surface area contributed by atoms with Gasteiger partial charge in [0.1, 0.15) is 11.3 Å². The lowest BCUT2D eigenvalue weighted by Gasteiger charge is -2.32. The zero-order valence-electron chi connectivity index (χ0n) is 26.1. The summed E-state index contributed by atoms with van der Waals surface area (Å²) < 4.78 is 6.45. The molecule has 0 saturated heterocycles. The number of Topliss-reactive ketones (excluding diaryl/α,β-unsaturated/α-hetero) is 1. The largest absolute Gasteiger partial charge is 0.481 e. The Morgan fingerprint density at radius 1 is 0.771 bits per heavy atom. The molecule has 4 aromatic carbocycles. The first-order valence-corrected chi connectivity index (χ1v) is 16.1. The van der Waals surface area contributed by atoms with Crippen molar-refractivity contribution in [1.82, 2.24) is 4.90 Å². The number of rotatable bonds is 11. The lowest BCUT2D eigenvalue weighted by molar-refractivity contribution is -0.144. The number of carbonyl (C=O) groups is 4. The van der Waals surface area contributed by atoms with Crippen LogP contribution < -0.4 is 0 Å². The van der Waals surface area contributed by atoms with Gasteiger partial charge in [-0.15, -0.1) is 0 Å². The molecule has 5 aromatic rings. The molecule has 0 saturated carbocycles. The number of allylic oxidation sites excluding steroid dienone is 4. The summed E-state index contributed by atoms with van der Waals surface area (Å²) in [5.41, 5.74) is 2.69. The minimum atomic E-state index is -1.31. The number of hydrogen-bond acceptors (Lipinski definition) is 5. The molecule has 1 aromatic heterocycles. The highest BCUT2D eigenvalue weighted by atomic mass is 16.4. The fraction of sp³-hybridized carbons (Fsp3) is 0.171. The van der Waals surface area contributed by atoms with Crippen molar-refractivity contribution in [2.45, 2.75) is 30.6 Å². The maximum atomic E-state index is 14.8. The standard InChI is InChI=1S/C41H33NO6/c43-36(26-30(40(46)47)21-24-42-38(44)31-15-7-8-16-32(31)39(42)45)41(22-19-29(20-23-41)28-13-5-2-6-14-28)37-33-17-9-10-18-34(33)48-35(37)25-27-11-3-1-4-12-27/h1-20,22-23,29-30H,21,24-26H2,(H,46,47). The van der Waals surface area contributed by atoms with Crippen molar-refractivity contribution >= 4 is 34.5 Å². The van der Waals surface area contributed by atoms with Gasteiger partial charge in [-0.25, -0.2) is 0 Å². The number of carboxylic acid groups (broad SMARTS) is 1. The summed E-state index contributed by atoms with van der Waals surface area (Å²) >= 11 is 0. The number of imide groups is 1. The molecule has 2 aliphatic rings. The number of hydrogen-bond donors (Lipinski definition) is 1. The van der Waals surface area contributed by atoms with E-state index in [2.05, 4.69) is 0 Å². The lowest BCUT2D eigenvalue weighted by Crippen LogP contribution is -2.38. The second-order valence-corrected chi connectivity index (χ2v) is 12.3. The summed E-state index contributed by atoms with van der Waals surface area (Å²) in [6.45, 7) is -0.112. The molecule has 1 unspecified atom stereocenters. The quantitative estimate of drug-likeness (QED) is 0.119. The fourth-order valence-electron chi connectivity index (χ4n) is 6.91. The van der Waals surface area contributed by atoms with Crippen molar-refractivity contribution in [2.75, 3.05) is 6.54 Å². The predicted octanol–water partition coefficient (Wildman–Crippen LogP) is 7.52. The van der Waals surface area contributed by atoms with Crippen molar-refractivity contribution < 1.29 is 28.7 Å². The molecule has 2 amide bonds. The third-order valence-electron chi connectivity index (χ3n) is 9.43. The van der Waals surface area contributed by atoms with E-state index in [9.17, 15) is 24.3 Å². The van der Waals surface area contributed by atoms with Gasteiger partial charge in [0.25, 0.3) is 11.8 Å². The summed E-state index contributed by atoms with van der Waals surface area (Å²) in [7, 11) is 0. The summed E-state index contributed by atoms with van der Waals surface area (Å²) in [6, 6.07) is 33.9. The van der Waals surface area contributed by atoms with E-state index in [1.54, 1.807) is 24.3 Å². The van der Waals surface area contributed by atoms with Crippen LogP contribution >= 0.6 is 0 Å². The van der Waals surface area contributed by atoms with Crippen LogP contribution in [0.5, 0.6) is 0 Å². The molecule has 0 radical (unpaired) electrons. The summed E-state index contributed by atoms with van der Waals surface area (Å²) in [4.78, 5) is 54.5. The number of para-hydroxylation sites is 1. The van der Waals surface area contributed by atoms with Crippen LogP contribution in [0, 0.1) is 5.92 Å². The van der Waals surface area contributed by atoms with E-state index < -0.39 is 29.1 Å². The van der Waals surface area contributed by atoms with E-state index >= 15 is 0 Å². The Kier molecular flexibility index (Phi) is 8.19. The number of benzene rings is 4. The summed E-state index contributed by atoms with van der Waals surface area (Å²) in [6.07, 6.45) is 7.83. The molecule has 0 fully saturated rings. The smallest absolute Gasteiger partial charge is 0.307 e. The fourth-order valence-corrected chi connectivity index (χ4v) is 6.91. The lowest BCUT2D eigenvalue weighted by atomic mass is 9.68. The maximum Gasteiger partial charge on any atom is 0.307 e. The predicted molar refractivity (Wildman–Crippen MR) is 182 cm³/mol. The van der Waals surface area contributed by atoms with Gasteiger partial charge in [-0.05, 0) is 35.7 Å². The molecule has 7 rings (SSSR count). The highest BCUT2D eigenvalue weighted by Crippen LogP contribution is 2.44. The van der Waals surface area contributed by atoms with Crippen LogP contribution in [0.1, 0.15) is 61.9 Å². The number of furan rings is 1. The van der Waals surface area contributed by atoms with Crippen molar-refractivity contribution in [2.24, 2.45) is 5.92 Å². The van der Waals surface area contributed by atoms with Crippen LogP contribution in [0.2, 0.25) is 0 Å². The molecule has 48 heavy (non-hydrogen) atoms. The third-order valence-corrected chi connectivity index (χ3v) is 9.43. The van der Waals surface area contributed by atoms with Crippen LogP contribution in [0.4, 0.5) is 0 Å².